The standard InChI is InChI=1S/C16H16FNO3S/c1-10-5-6-12(8-13(10)17)16(20)21-9-15(19)18-11(2)14-4-3-7-22-14/h3-8,11H,9H2,1-2H3,(H,18,19)/t11-/m0/s1. The van der Waals surface area contributed by atoms with Crippen LogP contribution >= 0.6 is 11.3 Å². The van der Waals surface area contributed by atoms with Crippen LogP contribution in [0.15, 0.2) is 35.7 Å². The number of thiophene rings is 1. The van der Waals surface area contributed by atoms with E-state index in [1.165, 1.54) is 23.5 Å². The van der Waals surface area contributed by atoms with Crippen molar-refractivity contribution in [2.24, 2.45) is 0 Å². The minimum absolute atomic E-state index is 0.0854. The minimum atomic E-state index is -0.724. The zero-order valence-corrected chi connectivity index (χ0v) is 13.1. The molecule has 0 saturated heterocycles. The molecule has 0 aliphatic rings. The summed E-state index contributed by atoms with van der Waals surface area (Å²) in [6.07, 6.45) is 0. The van der Waals surface area contributed by atoms with E-state index in [1.807, 2.05) is 24.4 Å². The van der Waals surface area contributed by atoms with Crippen molar-refractivity contribution in [2.45, 2.75) is 19.9 Å². The summed E-state index contributed by atoms with van der Waals surface area (Å²) in [7, 11) is 0. The van der Waals surface area contributed by atoms with Crippen LogP contribution in [0.2, 0.25) is 0 Å². The predicted molar refractivity (Wildman–Crippen MR) is 82.3 cm³/mol. The van der Waals surface area contributed by atoms with Crippen LogP contribution in [0.4, 0.5) is 4.39 Å². The maximum Gasteiger partial charge on any atom is 0.338 e. The SMILES string of the molecule is Cc1ccc(C(=O)OCC(=O)N[C@@H](C)c2cccs2)cc1F. The van der Waals surface area contributed by atoms with Crippen LogP contribution < -0.4 is 5.32 Å². The van der Waals surface area contributed by atoms with Crippen LogP contribution in [-0.4, -0.2) is 18.5 Å². The van der Waals surface area contributed by atoms with E-state index >= 15 is 0 Å². The average molecular weight is 321 g/mol. The van der Waals surface area contributed by atoms with Crippen LogP contribution in [0, 0.1) is 12.7 Å². The maximum atomic E-state index is 13.4. The highest BCUT2D eigenvalue weighted by atomic mass is 32.1. The van der Waals surface area contributed by atoms with Crippen LogP contribution in [0.5, 0.6) is 0 Å². The van der Waals surface area contributed by atoms with Crippen LogP contribution in [0.3, 0.4) is 0 Å². The molecule has 1 N–H and O–H groups in total. The summed E-state index contributed by atoms with van der Waals surface area (Å²) in [5.74, 6) is -1.61. The van der Waals surface area contributed by atoms with E-state index < -0.39 is 24.3 Å². The summed E-state index contributed by atoms with van der Waals surface area (Å²) in [5.41, 5.74) is 0.529. The lowest BCUT2D eigenvalue weighted by atomic mass is 10.1. The molecule has 0 saturated carbocycles. The molecule has 2 aromatic rings. The third-order valence-electron chi connectivity index (χ3n) is 3.09. The van der Waals surface area contributed by atoms with Crippen molar-refractivity contribution in [3.63, 3.8) is 0 Å². The first kappa shape index (κ1) is 16.2. The maximum absolute atomic E-state index is 13.4. The summed E-state index contributed by atoms with van der Waals surface area (Å²) < 4.78 is 18.3. The number of nitrogens with one attached hydrogen (secondary N) is 1. The van der Waals surface area contributed by atoms with Crippen molar-refractivity contribution in [2.75, 3.05) is 6.61 Å². The molecule has 116 valence electrons. The molecule has 0 bridgehead atoms. The number of aryl methyl sites for hydroxylation is 1. The molecule has 0 radical (unpaired) electrons. The molecular formula is C16H16FNO3S. The molecule has 0 aliphatic carbocycles. The Labute approximate surface area is 131 Å². The van der Waals surface area contributed by atoms with Gasteiger partial charge >= 0.3 is 5.97 Å². The van der Waals surface area contributed by atoms with Crippen molar-refractivity contribution in [1.82, 2.24) is 5.32 Å². The van der Waals surface area contributed by atoms with E-state index in [9.17, 15) is 14.0 Å². The van der Waals surface area contributed by atoms with Gasteiger partial charge in [-0.05, 0) is 43.0 Å². The molecule has 1 atom stereocenters. The number of carbonyl (C=O) groups excluding carboxylic acids is 2. The van der Waals surface area contributed by atoms with Crippen molar-refractivity contribution in [1.29, 1.82) is 0 Å². The molecule has 1 amide bonds. The molecule has 4 nitrogen and oxygen atoms in total. The summed E-state index contributed by atoms with van der Waals surface area (Å²) >= 11 is 1.53. The highest BCUT2D eigenvalue weighted by Crippen LogP contribution is 2.17. The number of carbonyl (C=O) groups is 2. The van der Waals surface area contributed by atoms with Gasteiger partial charge in [-0.1, -0.05) is 12.1 Å². The van der Waals surface area contributed by atoms with Gasteiger partial charge in [0.2, 0.25) is 0 Å². The van der Waals surface area contributed by atoms with Crippen molar-refractivity contribution >= 4 is 23.2 Å². The summed E-state index contributed by atoms with van der Waals surface area (Å²) in [6, 6.07) is 7.72. The zero-order chi connectivity index (χ0) is 16.1. The Balaban J connectivity index is 1.85. The van der Waals surface area contributed by atoms with Gasteiger partial charge in [0.1, 0.15) is 5.82 Å². The lowest BCUT2D eigenvalue weighted by Crippen LogP contribution is -2.30. The van der Waals surface area contributed by atoms with Gasteiger partial charge in [-0.25, -0.2) is 9.18 Å². The number of hydrogen-bond donors (Lipinski definition) is 1. The Kier molecular flexibility index (Phi) is 5.27. The summed E-state index contributed by atoms with van der Waals surface area (Å²) in [6.45, 7) is 3.05. The topological polar surface area (TPSA) is 55.4 Å². The molecule has 22 heavy (non-hydrogen) atoms. The van der Waals surface area contributed by atoms with Crippen molar-refractivity contribution < 1.29 is 18.7 Å². The number of rotatable bonds is 5. The van der Waals surface area contributed by atoms with Gasteiger partial charge in [-0.3, -0.25) is 4.79 Å². The molecule has 1 heterocycles. The number of hydrogen-bond acceptors (Lipinski definition) is 4. The van der Waals surface area contributed by atoms with Crippen molar-refractivity contribution in [3.8, 4) is 0 Å². The molecule has 0 spiro atoms. The second-order valence-corrected chi connectivity index (χ2v) is 5.82. The number of benzene rings is 1. The minimum Gasteiger partial charge on any atom is -0.452 e. The van der Waals surface area contributed by atoms with Gasteiger partial charge in [0.25, 0.3) is 5.91 Å². The van der Waals surface area contributed by atoms with Gasteiger partial charge < -0.3 is 10.1 Å². The van der Waals surface area contributed by atoms with E-state index in [-0.39, 0.29) is 11.6 Å². The number of esters is 1. The Morgan fingerprint density at radius 3 is 2.77 bits per heavy atom. The molecule has 2 rings (SSSR count). The highest BCUT2D eigenvalue weighted by molar-refractivity contribution is 7.10. The quantitative estimate of drug-likeness (QED) is 0.860. The first-order chi connectivity index (χ1) is 10.5. The van der Waals surface area contributed by atoms with Crippen LogP contribution in [-0.2, 0) is 9.53 Å². The fraction of sp³-hybridized carbons (Fsp3) is 0.250. The van der Waals surface area contributed by atoms with Crippen LogP contribution in [0.1, 0.15) is 33.8 Å². The van der Waals surface area contributed by atoms with Gasteiger partial charge in [0.15, 0.2) is 6.61 Å². The average Bonchev–Trinajstić information content (AvgIpc) is 3.02. The van der Waals surface area contributed by atoms with E-state index in [4.69, 9.17) is 4.74 Å². The monoisotopic (exact) mass is 321 g/mol. The number of amides is 1. The number of ether oxygens (including phenoxy) is 1. The van der Waals surface area contributed by atoms with Gasteiger partial charge in [-0.2, -0.15) is 0 Å². The first-order valence-corrected chi connectivity index (χ1v) is 7.61. The zero-order valence-electron chi connectivity index (χ0n) is 12.3. The molecule has 0 fully saturated rings. The fourth-order valence-corrected chi connectivity index (χ4v) is 2.56. The normalized spacial score (nSPS) is 11.8. The molecule has 0 unspecified atom stereocenters. The van der Waals surface area contributed by atoms with Crippen LogP contribution in [0.25, 0.3) is 0 Å². The second-order valence-electron chi connectivity index (χ2n) is 4.84. The Morgan fingerprint density at radius 1 is 1.36 bits per heavy atom. The summed E-state index contributed by atoms with van der Waals surface area (Å²) in [4.78, 5) is 24.5. The van der Waals surface area contributed by atoms with E-state index in [2.05, 4.69) is 5.32 Å². The predicted octanol–water partition coefficient (Wildman–Crippen LogP) is 3.23. The van der Waals surface area contributed by atoms with E-state index in [0.29, 0.717) is 5.56 Å². The molecule has 6 heteroatoms. The molecule has 1 aromatic carbocycles. The lowest BCUT2D eigenvalue weighted by Gasteiger charge is -2.12. The Hall–Kier alpha value is -2.21. The first-order valence-electron chi connectivity index (χ1n) is 6.73. The van der Waals surface area contributed by atoms with E-state index in [1.54, 1.807) is 6.92 Å². The molecule has 1 aromatic heterocycles. The largest absolute Gasteiger partial charge is 0.452 e. The summed E-state index contributed by atoms with van der Waals surface area (Å²) in [5, 5.41) is 4.65. The van der Waals surface area contributed by atoms with E-state index in [0.717, 1.165) is 10.9 Å². The molecule has 0 aliphatic heterocycles. The number of halogens is 1. The molecular weight excluding hydrogens is 305 g/mol. The third-order valence-corrected chi connectivity index (χ3v) is 4.14. The Bertz CT molecular complexity index is 670. The second kappa shape index (κ2) is 7.17. The van der Waals surface area contributed by atoms with Gasteiger partial charge in [0.05, 0.1) is 11.6 Å². The van der Waals surface area contributed by atoms with Crippen molar-refractivity contribution in [3.05, 3.63) is 57.5 Å². The Morgan fingerprint density at radius 2 is 2.14 bits per heavy atom. The smallest absolute Gasteiger partial charge is 0.338 e. The van der Waals surface area contributed by atoms with Gasteiger partial charge in [0, 0.05) is 4.88 Å². The fourth-order valence-electron chi connectivity index (χ4n) is 1.83. The highest BCUT2D eigenvalue weighted by Gasteiger charge is 2.14. The lowest BCUT2D eigenvalue weighted by molar-refractivity contribution is -0.124. The van der Waals surface area contributed by atoms with Gasteiger partial charge in [-0.15, -0.1) is 11.3 Å². The third kappa shape index (κ3) is 4.14.